The number of hydrogen-bond acceptors (Lipinski definition) is 4. The summed E-state index contributed by atoms with van der Waals surface area (Å²) in [6.45, 7) is 1.58. The van der Waals surface area contributed by atoms with Gasteiger partial charge in [0.2, 0.25) is 0 Å². The van der Waals surface area contributed by atoms with E-state index in [1.165, 1.54) is 31.4 Å². The lowest BCUT2D eigenvalue weighted by molar-refractivity contribution is -0.122. The van der Waals surface area contributed by atoms with Crippen molar-refractivity contribution in [1.29, 1.82) is 0 Å². The molecule has 0 aliphatic rings. The number of esters is 1. The third-order valence-electron chi connectivity index (χ3n) is 3.07. The highest BCUT2D eigenvalue weighted by Gasteiger charge is 2.15. The van der Waals surface area contributed by atoms with E-state index in [-0.39, 0.29) is 11.7 Å². The number of rotatable bonds is 5. The first-order chi connectivity index (χ1) is 11.0. The molecule has 2 aromatic rings. The van der Waals surface area contributed by atoms with Crippen LogP contribution in [0.3, 0.4) is 0 Å². The first-order valence-corrected chi connectivity index (χ1v) is 6.91. The van der Waals surface area contributed by atoms with Crippen LogP contribution in [0.15, 0.2) is 48.5 Å². The summed E-state index contributed by atoms with van der Waals surface area (Å²) in [4.78, 5) is 23.4. The van der Waals surface area contributed by atoms with E-state index in [2.05, 4.69) is 10.1 Å². The Balaban J connectivity index is 1.95. The van der Waals surface area contributed by atoms with Crippen LogP contribution in [-0.2, 0) is 9.53 Å². The van der Waals surface area contributed by atoms with Gasteiger partial charge >= 0.3 is 5.97 Å². The molecule has 0 fully saturated rings. The molecule has 2 rings (SSSR count). The van der Waals surface area contributed by atoms with Crippen LogP contribution in [0.1, 0.15) is 17.3 Å². The summed E-state index contributed by atoms with van der Waals surface area (Å²) in [5.41, 5.74) is 0.915. The first-order valence-electron chi connectivity index (χ1n) is 6.91. The summed E-state index contributed by atoms with van der Waals surface area (Å²) in [6.07, 6.45) is -0.763. The van der Waals surface area contributed by atoms with E-state index in [0.717, 1.165) is 0 Å². The highest BCUT2D eigenvalue weighted by atomic mass is 19.1. The average molecular weight is 317 g/mol. The Morgan fingerprint density at radius 3 is 2.22 bits per heavy atom. The van der Waals surface area contributed by atoms with Gasteiger partial charge in [0.25, 0.3) is 5.91 Å². The molecular weight excluding hydrogens is 301 g/mol. The molecule has 23 heavy (non-hydrogen) atoms. The van der Waals surface area contributed by atoms with Gasteiger partial charge in [-0.3, -0.25) is 4.79 Å². The largest absolute Gasteiger partial charge is 0.481 e. The van der Waals surface area contributed by atoms with Crippen LogP contribution in [0.2, 0.25) is 0 Å². The molecule has 1 amide bonds. The topological polar surface area (TPSA) is 64.6 Å². The molecule has 1 atom stereocenters. The van der Waals surface area contributed by atoms with Crippen molar-refractivity contribution < 1.29 is 23.5 Å². The standard InChI is InChI=1S/C17H16FNO4/c1-11(23-15-9-5-13(18)6-10-15)16(20)19-14-7-3-12(4-8-14)17(21)22-2/h3-11H,1-2H3,(H,19,20). The summed E-state index contributed by atoms with van der Waals surface area (Å²) in [5, 5.41) is 2.67. The number of carbonyl (C=O) groups excluding carboxylic acids is 2. The number of amides is 1. The molecule has 0 bridgehead atoms. The Morgan fingerprint density at radius 1 is 1.04 bits per heavy atom. The summed E-state index contributed by atoms with van der Waals surface area (Å²) in [6, 6.07) is 11.7. The zero-order valence-electron chi connectivity index (χ0n) is 12.7. The Kier molecular flexibility index (Phi) is 5.30. The Morgan fingerprint density at radius 2 is 1.65 bits per heavy atom. The number of hydrogen-bond donors (Lipinski definition) is 1. The molecule has 120 valence electrons. The molecule has 0 saturated heterocycles. The van der Waals surface area contributed by atoms with Crippen LogP contribution < -0.4 is 10.1 Å². The molecule has 0 aliphatic heterocycles. The van der Waals surface area contributed by atoms with Crippen molar-refractivity contribution in [3.8, 4) is 5.75 Å². The minimum Gasteiger partial charge on any atom is -0.481 e. The summed E-state index contributed by atoms with van der Waals surface area (Å²) in [7, 11) is 1.30. The minimum absolute atomic E-state index is 0.361. The van der Waals surface area contributed by atoms with Crippen molar-refractivity contribution >= 4 is 17.6 Å². The minimum atomic E-state index is -0.763. The third kappa shape index (κ3) is 4.54. The van der Waals surface area contributed by atoms with Crippen molar-refractivity contribution in [2.24, 2.45) is 0 Å². The van der Waals surface area contributed by atoms with E-state index in [1.807, 2.05) is 0 Å². The van der Waals surface area contributed by atoms with Gasteiger partial charge in [-0.2, -0.15) is 0 Å². The van der Waals surface area contributed by atoms with Crippen LogP contribution >= 0.6 is 0 Å². The predicted molar refractivity (Wildman–Crippen MR) is 82.9 cm³/mol. The van der Waals surface area contributed by atoms with Crippen LogP contribution in [0.5, 0.6) is 5.75 Å². The van der Waals surface area contributed by atoms with Crippen LogP contribution in [0.25, 0.3) is 0 Å². The van der Waals surface area contributed by atoms with Gasteiger partial charge < -0.3 is 14.8 Å². The molecule has 2 aromatic carbocycles. The normalized spacial score (nSPS) is 11.4. The average Bonchev–Trinajstić information content (AvgIpc) is 2.56. The zero-order chi connectivity index (χ0) is 16.8. The van der Waals surface area contributed by atoms with Gasteiger partial charge in [-0.05, 0) is 55.5 Å². The van der Waals surface area contributed by atoms with Crippen molar-refractivity contribution in [2.45, 2.75) is 13.0 Å². The van der Waals surface area contributed by atoms with Crippen LogP contribution in [-0.4, -0.2) is 25.1 Å². The fourth-order valence-corrected chi connectivity index (χ4v) is 1.82. The Hall–Kier alpha value is -2.89. The zero-order valence-corrected chi connectivity index (χ0v) is 12.7. The van der Waals surface area contributed by atoms with Gasteiger partial charge in [0, 0.05) is 5.69 Å². The van der Waals surface area contributed by atoms with Crippen LogP contribution in [0.4, 0.5) is 10.1 Å². The lowest BCUT2D eigenvalue weighted by Crippen LogP contribution is -2.30. The maximum atomic E-state index is 12.8. The second-order valence-electron chi connectivity index (χ2n) is 4.77. The van der Waals surface area contributed by atoms with E-state index in [1.54, 1.807) is 31.2 Å². The van der Waals surface area contributed by atoms with Crippen molar-refractivity contribution in [2.75, 3.05) is 12.4 Å². The van der Waals surface area contributed by atoms with Gasteiger partial charge in [-0.15, -0.1) is 0 Å². The SMILES string of the molecule is COC(=O)c1ccc(NC(=O)C(C)Oc2ccc(F)cc2)cc1. The molecule has 0 aliphatic carbocycles. The molecular formula is C17H16FNO4. The molecule has 0 aromatic heterocycles. The van der Waals surface area contributed by atoms with Gasteiger partial charge in [0.15, 0.2) is 6.10 Å². The van der Waals surface area contributed by atoms with Gasteiger partial charge in [0.05, 0.1) is 12.7 Å². The number of carbonyl (C=O) groups is 2. The fraction of sp³-hybridized carbons (Fsp3) is 0.176. The number of methoxy groups -OCH3 is 1. The monoisotopic (exact) mass is 317 g/mol. The van der Waals surface area contributed by atoms with Gasteiger partial charge in [0.1, 0.15) is 11.6 Å². The Labute approximate surface area is 133 Å². The van der Waals surface area contributed by atoms with Gasteiger partial charge in [-0.25, -0.2) is 9.18 Å². The summed E-state index contributed by atoms with van der Waals surface area (Å²) >= 11 is 0. The van der Waals surface area contributed by atoms with E-state index >= 15 is 0 Å². The predicted octanol–water partition coefficient (Wildman–Crippen LogP) is 3.02. The van der Waals surface area contributed by atoms with Crippen LogP contribution in [0, 0.1) is 5.82 Å². The van der Waals surface area contributed by atoms with E-state index in [4.69, 9.17) is 4.74 Å². The quantitative estimate of drug-likeness (QED) is 0.861. The first kappa shape index (κ1) is 16.5. The molecule has 6 heteroatoms. The Bertz CT molecular complexity index is 683. The highest BCUT2D eigenvalue weighted by Crippen LogP contribution is 2.15. The number of anilines is 1. The van der Waals surface area contributed by atoms with Crippen molar-refractivity contribution in [3.05, 3.63) is 59.9 Å². The number of benzene rings is 2. The van der Waals surface area contributed by atoms with E-state index in [9.17, 15) is 14.0 Å². The number of nitrogens with one attached hydrogen (secondary N) is 1. The second-order valence-corrected chi connectivity index (χ2v) is 4.77. The molecule has 0 saturated carbocycles. The maximum absolute atomic E-state index is 12.8. The molecule has 0 heterocycles. The molecule has 1 unspecified atom stereocenters. The highest BCUT2D eigenvalue weighted by molar-refractivity contribution is 5.95. The number of ether oxygens (including phenoxy) is 2. The number of halogens is 1. The van der Waals surface area contributed by atoms with E-state index in [0.29, 0.717) is 17.0 Å². The van der Waals surface area contributed by atoms with Crippen molar-refractivity contribution in [3.63, 3.8) is 0 Å². The molecule has 5 nitrogen and oxygen atoms in total. The lowest BCUT2D eigenvalue weighted by atomic mass is 10.2. The summed E-state index contributed by atoms with van der Waals surface area (Å²) in [5.74, 6) is -0.786. The third-order valence-corrected chi connectivity index (χ3v) is 3.07. The summed E-state index contributed by atoms with van der Waals surface area (Å²) < 4.78 is 22.8. The maximum Gasteiger partial charge on any atom is 0.337 e. The smallest absolute Gasteiger partial charge is 0.337 e. The fourth-order valence-electron chi connectivity index (χ4n) is 1.82. The van der Waals surface area contributed by atoms with Crippen molar-refractivity contribution in [1.82, 2.24) is 0 Å². The molecule has 0 radical (unpaired) electrons. The second kappa shape index (κ2) is 7.40. The molecule has 1 N–H and O–H groups in total. The molecule has 0 spiro atoms. The lowest BCUT2D eigenvalue weighted by Gasteiger charge is -2.14. The van der Waals surface area contributed by atoms with E-state index < -0.39 is 12.1 Å². The van der Waals surface area contributed by atoms with Gasteiger partial charge in [-0.1, -0.05) is 0 Å².